The molecule has 0 radical (unpaired) electrons. The van der Waals surface area contributed by atoms with Gasteiger partial charge in [-0.25, -0.2) is 4.39 Å². The first-order chi connectivity index (χ1) is 9.69. The first kappa shape index (κ1) is 14.2. The maximum atomic E-state index is 13.2. The van der Waals surface area contributed by atoms with Gasteiger partial charge in [0.1, 0.15) is 5.82 Å². The summed E-state index contributed by atoms with van der Waals surface area (Å²) in [4.78, 5) is 6.33. The molecule has 0 aliphatic heterocycles. The minimum Gasteiger partial charge on any atom is -0.302 e. The van der Waals surface area contributed by atoms with Gasteiger partial charge in [0.2, 0.25) is 0 Å². The summed E-state index contributed by atoms with van der Waals surface area (Å²) in [6.07, 6.45) is 2.60. The van der Waals surface area contributed by atoms with Crippen molar-refractivity contribution in [3.63, 3.8) is 0 Å². The molecule has 0 saturated carbocycles. The largest absolute Gasteiger partial charge is 0.302 e. The van der Waals surface area contributed by atoms with Gasteiger partial charge in [0.15, 0.2) is 0 Å². The molecule has 0 amide bonds. The average Bonchev–Trinajstić information content (AvgIpc) is 2.46. The molecule has 0 saturated heterocycles. The molecule has 0 aliphatic carbocycles. The Labute approximate surface area is 118 Å². The molecule has 0 atom stereocenters. The molecule has 0 N–H and O–H groups in total. The maximum Gasteiger partial charge on any atom is 0.123 e. The second-order valence-electron chi connectivity index (χ2n) is 4.72. The number of halogens is 1. The van der Waals surface area contributed by atoms with Gasteiger partial charge in [-0.15, -0.1) is 0 Å². The van der Waals surface area contributed by atoms with Crippen LogP contribution in [-0.2, 0) is 13.0 Å². The number of aromatic nitrogens is 1. The van der Waals surface area contributed by atoms with Crippen molar-refractivity contribution in [2.75, 3.05) is 13.6 Å². The molecule has 0 bridgehead atoms. The number of likely N-dealkylation sites (N-methyl/N-ethyl adjacent to an activating group) is 1. The van der Waals surface area contributed by atoms with E-state index in [1.807, 2.05) is 25.2 Å². The van der Waals surface area contributed by atoms with Crippen LogP contribution in [0.1, 0.15) is 16.8 Å². The molecule has 2 aromatic rings. The Kier molecular flexibility index (Phi) is 4.80. The van der Waals surface area contributed by atoms with Gasteiger partial charge in [0.05, 0.1) is 11.6 Å². The molecule has 1 aromatic carbocycles. The molecule has 0 spiro atoms. The smallest absolute Gasteiger partial charge is 0.123 e. The minimum atomic E-state index is -0.308. The lowest BCUT2D eigenvalue weighted by Gasteiger charge is -2.17. The van der Waals surface area contributed by atoms with Crippen molar-refractivity contribution >= 4 is 0 Å². The van der Waals surface area contributed by atoms with E-state index in [1.54, 1.807) is 6.20 Å². The van der Waals surface area contributed by atoms with Crippen LogP contribution in [0.2, 0.25) is 0 Å². The minimum absolute atomic E-state index is 0.308. The molecule has 1 heterocycles. The SMILES string of the molecule is CN(CCc1ccccn1)Cc1cc(F)ccc1C#N. The van der Waals surface area contributed by atoms with Crippen LogP contribution >= 0.6 is 0 Å². The molecule has 0 fully saturated rings. The highest BCUT2D eigenvalue weighted by atomic mass is 19.1. The monoisotopic (exact) mass is 269 g/mol. The lowest BCUT2D eigenvalue weighted by molar-refractivity contribution is 0.329. The van der Waals surface area contributed by atoms with Crippen molar-refractivity contribution in [2.24, 2.45) is 0 Å². The number of hydrogen-bond acceptors (Lipinski definition) is 3. The van der Waals surface area contributed by atoms with Gasteiger partial charge < -0.3 is 4.90 Å². The molecule has 3 nitrogen and oxygen atoms in total. The number of nitriles is 1. The Balaban J connectivity index is 1.96. The third-order valence-corrected chi connectivity index (χ3v) is 3.10. The lowest BCUT2D eigenvalue weighted by atomic mass is 10.1. The summed E-state index contributed by atoms with van der Waals surface area (Å²) < 4.78 is 13.2. The zero-order chi connectivity index (χ0) is 14.4. The molecular weight excluding hydrogens is 253 g/mol. The Morgan fingerprint density at radius 2 is 2.15 bits per heavy atom. The van der Waals surface area contributed by atoms with Crippen LogP contribution in [0.25, 0.3) is 0 Å². The first-order valence-electron chi connectivity index (χ1n) is 6.46. The van der Waals surface area contributed by atoms with Gasteiger partial charge in [0.25, 0.3) is 0 Å². The van der Waals surface area contributed by atoms with Crippen LogP contribution in [-0.4, -0.2) is 23.5 Å². The van der Waals surface area contributed by atoms with Crippen LogP contribution in [0.15, 0.2) is 42.6 Å². The van der Waals surface area contributed by atoms with Crippen molar-refractivity contribution in [2.45, 2.75) is 13.0 Å². The maximum absolute atomic E-state index is 13.2. The van der Waals surface area contributed by atoms with Gasteiger partial charge >= 0.3 is 0 Å². The Hall–Kier alpha value is -2.25. The highest BCUT2D eigenvalue weighted by Crippen LogP contribution is 2.12. The molecule has 1 aromatic heterocycles. The van der Waals surface area contributed by atoms with E-state index >= 15 is 0 Å². The molecule has 102 valence electrons. The summed E-state index contributed by atoms with van der Waals surface area (Å²) in [6, 6.07) is 12.2. The predicted molar refractivity (Wildman–Crippen MR) is 75.4 cm³/mol. The Bertz CT molecular complexity index is 605. The number of nitrogens with zero attached hydrogens (tertiary/aromatic N) is 3. The zero-order valence-electron chi connectivity index (χ0n) is 11.4. The number of benzene rings is 1. The highest BCUT2D eigenvalue weighted by molar-refractivity contribution is 5.37. The second-order valence-corrected chi connectivity index (χ2v) is 4.72. The van der Waals surface area contributed by atoms with Gasteiger partial charge in [0, 0.05) is 31.4 Å². The fourth-order valence-corrected chi connectivity index (χ4v) is 2.02. The van der Waals surface area contributed by atoms with Gasteiger partial charge in [-0.2, -0.15) is 5.26 Å². The summed E-state index contributed by atoms with van der Waals surface area (Å²) in [7, 11) is 1.95. The van der Waals surface area contributed by atoms with E-state index < -0.39 is 0 Å². The van der Waals surface area contributed by atoms with Crippen molar-refractivity contribution in [3.05, 3.63) is 65.2 Å². The van der Waals surface area contributed by atoms with E-state index in [0.717, 1.165) is 24.2 Å². The quantitative estimate of drug-likeness (QED) is 0.838. The van der Waals surface area contributed by atoms with E-state index in [-0.39, 0.29) is 5.82 Å². The number of hydrogen-bond donors (Lipinski definition) is 0. The topological polar surface area (TPSA) is 39.9 Å². The lowest BCUT2D eigenvalue weighted by Crippen LogP contribution is -2.21. The molecule has 0 aliphatic rings. The third kappa shape index (κ3) is 3.87. The zero-order valence-corrected chi connectivity index (χ0v) is 11.4. The summed E-state index contributed by atoms with van der Waals surface area (Å²) in [6.45, 7) is 1.35. The third-order valence-electron chi connectivity index (χ3n) is 3.10. The summed E-state index contributed by atoms with van der Waals surface area (Å²) in [5.41, 5.74) is 2.27. The van der Waals surface area contributed by atoms with E-state index in [0.29, 0.717) is 12.1 Å². The summed E-state index contributed by atoms with van der Waals surface area (Å²) in [5.74, 6) is -0.308. The Morgan fingerprint density at radius 3 is 2.85 bits per heavy atom. The molecule has 2 rings (SSSR count). The van der Waals surface area contributed by atoms with Crippen molar-refractivity contribution in [1.82, 2.24) is 9.88 Å². The summed E-state index contributed by atoms with van der Waals surface area (Å²) in [5, 5.41) is 9.03. The fourth-order valence-electron chi connectivity index (χ4n) is 2.02. The van der Waals surface area contributed by atoms with Crippen LogP contribution in [0.5, 0.6) is 0 Å². The fraction of sp³-hybridized carbons (Fsp3) is 0.250. The van der Waals surface area contributed by atoms with Crippen LogP contribution in [0.3, 0.4) is 0 Å². The van der Waals surface area contributed by atoms with Crippen LogP contribution < -0.4 is 0 Å². The molecule has 0 unspecified atom stereocenters. The van der Waals surface area contributed by atoms with Crippen molar-refractivity contribution < 1.29 is 4.39 Å². The van der Waals surface area contributed by atoms with Crippen molar-refractivity contribution in [1.29, 1.82) is 5.26 Å². The van der Waals surface area contributed by atoms with Gasteiger partial charge in [-0.1, -0.05) is 6.07 Å². The van der Waals surface area contributed by atoms with Crippen LogP contribution in [0.4, 0.5) is 4.39 Å². The van der Waals surface area contributed by atoms with Gasteiger partial charge in [-0.3, -0.25) is 4.98 Å². The van der Waals surface area contributed by atoms with E-state index in [2.05, 4.69) is 16.0 Å². The van der Waals surface area contributed by atoms with Crippen LogP contribution in [0, 0.1) is 17.1 Å². The van der Waals surface area contributed by atoms with Gasteiger partial charge in [-0.05, 0) is 42.9 Å². The summed E-state index contributed by atoms with van der Waals surface area (Å²) >= 11 is 0. The Morgan fingerprint density at radius 1 is 1.30 bits per heavy atom. The first-order valence-corrected chi connectivity index (χ1v) is 6.46. The molecular formula is C16H16FN3. The van der Waals surface area contributed by atoms with Crippen molar-refractivity contribution in [3.8, 4) is 6.07 Å². The van der Waals surface area contributed by atoms with E-state index in [1.165, 1.54) is 18.2 Å². The molecule has 20 heavy (non-hydrogen) atoms. The molecule has 4 heteroatoms. The normalized spacial score (nSPS) is 10.5. The predicted octanol–water partition coefficient (Wildman–Crippen LogP) is 2.77. The number of pyridine rings is 1. The second kappa shape index (κ2) is 6.78. The van der Waals surface area contributed by atoms with E-state index in [9.17, 15) is 4.39 Å². The highest BCUT2D eigenvalue weighted by Gasteiger charge is 2.07. The number of rotatable bonds is 5. The van der Waals surface area contributed by atoms with E-state index in [4.69, 9.17) is 5.26 Å². The standard InChI is InChI=1S/C16H16FN3/c1-20(9-7-16-4-2-3-8-19-16)12-14-10-15(17)6-5-13(14)11-18/h2-6,8,10H,7,9,12H2,1H3. The average molecular weight is 269 g/mol.